The van der Waals surface area contributed by atoms with Crippen LogP contribution in [0.3, 0.4) is 0 Å². The molecular formula is C28H23N3O6. The Morgan fingerprint density at radius 3 is 1.70 bits per heavy atom. The van der Waals surface area contributed by atoms with Gasteiger partial charge in [0.1, 0.15) is 11.5 Å². The Hall–Kier alpha value is -5.31. The largest absolute Gasteiger partial charge is 0.457 e. The number of nitrogen functional groups attached to an aromatic ring is 1. The van der Waals surface area contributed by atoms with Gasteiger partial charge in [-0.15, -0.1) is 0 Å². The lowest BCUT2D eigenvalue weighted by Gasteiger charge is -2.11. The molecule has 2 aliphatic heterocycles. The number of aryl methyl sites for hydroxylation is 1. The standard InChI is InChI=1S/C20H17NO2.2C4H3NO2/c1-14-13-16(11-12-18(14)21)23-19-10-6-5-9-17(19)20(22)15-7-3-2-4-8-15;2*6-3-1-2-4(7)5-3/h2-13H,21H2,1H3;2*1-2H,(H,5,6,7). The minimum absolute atomic E-state index is 0.0617. The Kier molecular flexibility index (Phi) is 8.82. The molecule has 0 aromatic heterocycles. The molecule has 4 amide bonds. The fourth-order valence-electron chi connectivity index (χ4n) is 3.04. The molecule has 0 fully saturated rings. The summed E-state index contributed by atoms with van der Waals surface area (Å²) in [4.78, 5) is 52.8. The highest BCUT2D eigenvalue weighted by Crippen LogP contribution is 2.29. The molecule has 0 saturated heterocycles. The minimum atomic E-state index is -0.329. The second kappa shape index (κ2) is 12.4. The molecule has 3 aromatic rings. The second-order valence-electron chi connectivity index (χ2n) is 7.69. The van der Waals surface area contributed by atoms with Gasteiger partial charge in [-0.05, 0) is 42.8 Å². The zero-order valence-corrected chi connectivity index (χ0v) is 19.8. The first-order valence-corrected chi connectivity index (χ1v) is 11.0. The van der Waals surface area contributed by atoms with Gasteiger partial charge in [-0.25, -0.2) is 0 Å². The molecule has 0 saturated carbocycles. The van der Waals surface area contributed by atoms with E-state index in [1.807, 2.05) is 54.0 Å². The Morgan fingerprint density at radius 1 is 0.703 bits per heavy atom. The smallest absolute Gasteiger partial charge is 0.250 e. The van der Waals surface area contributed by atoms with Gasteiger partial charge in [-0.1, -0.05) is 42.5 Å². The number of carbonyl (C=O) groups is 5. The highest BCUT2D eigenvalue weighted by molar-refractivity contribution is 6.13. The quantitative estimate of drug-likeness (QED) is 0.285. The van der Waals surface area contributed by atoms with E-state index in [4.69, 9.17) is 10.5 Å². The first-order chi connectivity index (χ1) is 17.7. The summed E-state index contributed by atoms with van der Waals surface area (Å²) in [5, 5.41) is 4.06. The van der Waals surface area contributed by atoms with Crippen LogP contribution >= 0.6 is 0 Å². The van der Waals surface area contributed by atoms with Crippen LogP contribution in [-0.4, -0.2) is 29.4 Å². The van der Waals surface area contributed by atoms with Gasteiger partial charge < -0.3 is 10.5 Å². The van der Waals surface area contributed by atoms with E-state index >= 15 is 0 Å². The average molecular weight is 498 g/mol. The van der Waals surface area contributed by atoms with Crippen LogP contribution in [0.5, 0.6) is 11.5 Å². The first kappa shape index (κ1) is 26.3. The molecule has 0 radical (unpaired) electrons. The summed E-state index contributed by atoms with van der Waals surface area (Å²) in [6.07, 6.45) is 4.79. The normalized spacial score (nSPS) is 13.1. The van der Waals surface area contributed by atoms with Gasteiger partial charge in [0.15, 0.2) is 5.78 Å². The molecule has 186 valence electrons. The Balaban J connectivity index is 0.000000220. The van der Waals surface area contributed by atoms with Crippen molar-refractivity contribution in [2.24, 2.45) is 0 Å². The molecule has 0 bridgehead atoms. The van der Waals surface area contributed by atoms with Crippen molar-refractivity contribution in [3.8, 4) is 11.5 Å². The fourth-order valence-corrected chi connectivity index (χ4v) is 3.04. The van der Waals surface area contributed by atoms with Crippen LogP contribution in [0, 0.1) is 6.92 Å². The molecule has 2 heterocycles. The Bertz CT molecular complexity index is 1340. The number of ketones is 1. The first-order valence-electron chi connectivity index (χ1n) is 11.0. The van der Waals surface area contributed by atoms with E-state index in [0.717, 1.165) is 5.56 Å². The van der Waals surface area contributed by atoms with E-state index in [2.05, 4.69) is 0 Å². The molecule has 37 heavy (non-hydrogen) atoms. The third-order valence-electron chi connectivity index (χ3n) is 4.90. The second-order valence-corrected chi connectivity index (χ2v) is 7.69. The van der Waals surface area contributed by atoms with Crippen LogP contribution in [0.2, 0.25) is 0 Å². The molecule has 0 aliphatic carbocycles. The predicted octanol–water partition coefficient (Wildman–Crippen LogP) is 3.00. The molecule has 2 aliphatic rings. The van der Waals surface area contributed by atoms with E-state index in [-0.39, 0.29) is 29.4 Å². The number of carbonyl (C=O) groups excluding carboxylic acids is 5. The summed E-state index contributed by atoms with van der Waals surface area (Å²) in [5.41, 5.74) is 8.65. The molecule has 3 aromatic carbocycles. The highest BCUT2D eigenvalue weighted by atomic mass is 16.5. The fraction of sp³-hybridized carbons (Fsp3) is 0.0357. The number of nitrogens with one attached hydrogen (secondary N) is 2. The van der Waals surface area contributed by atoms with Crippen molar-refractivity contribution in [3.05, 3.63) is 114 Å². The molecule has 5 rings (SSSR count). The molecule has 0 atom stereocenters. The van der Waals surface area contributed by atoms with Crippen LogP contribution < -0.4 is 21.1 Å². The van der Waals surface area contributed by atoms with E-state index in [9.17, 15) is 24.0 Å². The highest BCUT2D eigenvalue weighted by Gasteiger charge is 2.15. The zero-order chi connectivity index (χ0) is 26.8. The number of nitrogens with two attached hydrogens (primary N) is 1. The summed E-state index contributed by atoms with van der Waals surface area (Å²) in [6, 6.07) is 21.9. The maximum absolute atomic E-state index is 12.7. The molecule has 0 spiro atoms. The summed E-state index contributed by atoms with van der Waals surface area (Å²) >= 11 is 0. The lowest BCUT2D eigenvalue weighted by atomic mass is 10.0. The van der Waals surface area contributed by atoms with Crippen molar-refractivity contribution in [1.82, 2.24) is 10.6 Å². The van der Waals surface area contributed by atoms with E-state index in [1.165, 1.54) is 24.3 Å². The van der Waals surface area contributed by atoms with Gasteiger partial charge in [0.2, 0.25) is 0 Å². The molecule has 0 unspecified atom stereocenters. The number of imide groups is 2. The maximum Gasteiger partial charge on any atom is 0.250 e. The number of ether oxygens (including phenoxy) is 1. The number of benzene rings is 3. The molecule has 4 N–H and O–H groups in total. The number of hydrogen-bond acceptors (Lipinski definition) is 7. The van der Waals surface area contributed by atoms with Crippen LogP contribution in [0.25, 0.3) is 0 Å². The monoisotopic (exact) mass is 497 g/mol. The van der Waals surface area contributed by atoms with Crippen LogP contribution in [-0.2, 0) is 19.2 Å². The van der Waals surface area contributed by atoms with Gasteiger partial charge >= 0.3 is 0 Å². The Morgan fingerprint density at radius 2 is 1.22 bits per heavy atom. The van der Waals surface area contributed by atoms with Crippen LogP contribution in [0.15, 0.2) is 97.1 Å². The van der Waals surface area contributed by atoms with Crippen molar-refractivity contribution in [3.63, 3.8) is 0 Å². The van der Waals surface area contributed by atoms with Gasteiger partial charge in [0, 0.05) is 35.6 Å². The average Bonchev–Trinajstić information content (AvgIpc) is 3.47. The van der Waals surface area contributed by atoms with Crippen molar-refractivity contribution in [2.75, 3.05) is 5.73 Å². The number of hydrogen-bond donors (Lipinski definition) is 3. The predicted molar refractivity (Wildman–Crippen MR) is 137 cm³/mol. The van der Waals surface area contributed by atoms with Crippen molar-refractivity contribution >= 4 is 35.1 Å². The van der Waals surface area contributed by atoms with Crippen molar-refractivity contribution < 1.29 is 28.7 Å². The van der Waals surface area contributed by atoms with Crippen molar-refractivity contribution in [2.45, 2.75) is 6.92 Å². The van der Waals surface area contributed by atoms with Gasteiger partial charge in [0.05, 0.1) is 5.56 Å². The number of rotatable bonds is 4. The summed E-state index contributed by atoms with van der Waals surface area (Å²) in [6.45, 7) is 1.92. The SMILES string of the molecule is Cc1cc(Oc2ccccc2C(=O)c2ccccc2)ccc1N.O=C1C=CC(=O)N1.O=C1C=CC(=O)N1. The summed E-state index contributed by atoms with van der Waals surface area (Å²) < 4.78 is 5.91. The molecule has 9 nitrogen and oxygen atoms in total. The van der Waals surface area contributed by atoms with Gasteiger partial charge in [-0.3, -0.25) is 34.6 Å². The third-order valence-corrected chi connectivity index (χ3v) is 4.90. The number of amides is 4. The Labute approximate surface area is 212 Å². The van der Waals surface area contributed by atoms with E-state index in [1.54, 1.807) is 36.4 Å². The summed E-state index contributed by atoms with van der Waals surface area (Å²) in [5.74, 6) is -0.186. The lowest BCUT2D eigenvalue weighted by Crippen LogP contribution is -2.19. The lowest BCUT2D eigenvalue weighted by molar-refractivity contribution is -0.125. The molecule has 9 heteroatoms. The number of para-hydroxylation sites is 1. The third kappa shape index (κ3) is 7.86. The molecular weight excluding hydrogens is 474 g/mol. The maximum atomic E-state index is 12.7. The topological polar surface area (TPSA) is 145 Å². The minimum Gasteiger partial charge on any atom is -0.457 e. The van der Waals surface area contributed by atoms with E-state index < -0.39 is 0 Å². The number of anilines is 1. The van der Waals surface area contributed by atoms with Gasteiger partial charge in [-0.2, -0.15) is 0 Å². The van der Waals surface area contributed by atoms with Crippen LogP contribution in [0.4, 0.5) is 5.69 Å². The van der Waals surface area contributed by atoms with Gasteiger partial charge in [0.25, 0.3) is 23.6 Å². The van der Waals surface area contributed by atoms with Crippen LogP contribution in [0.1, 0.15) is 21.5 Å². The van der Waals surface area contributed by atoms with E-state index in [0.29, 0.717) is 28.3 Å². The van der Waals surface area contributed by atoms with Crippen molar-refractivity contribution in [1.29, 1.82) is 0 Å². The zero-order valence-electron chi connectivity index (χ0n) is 19.8. The summed E-state index contributed by atoms with van der Waals surface area (Å²) in [7, 11) is 0.